The molecule has 1 fully saturated rings. The Bertz CT molecular complexity index is 1040. The minimum atomic E-state index is -3.04. The maximum absolute atomic E-state index is 12.1. The molecular weight excluding hydrogens is 400 g/mol. The van der Waals surface area contributed by atoms with Gasteiger partial charge in [0.25, 0.3) is 0 Å². The Hall–Kier alpha value is -2.12. The summed E-state index contributed by atoms with van der Waals surface area (Å²) in [5.41, 5.74) is 4.36. The molecule has 1 atom stereocenters. The fraction of sp³-hybridized carbons (Fsp3) is 0.400. The van der Waals surface area contributed by atoms with Gasteiger partial charge in [-0.3, -0.25) is 0 Å². The standard InChI is InChI=1S/C20H23ClN2O4S/c1-13-4-5-14(2)16(10-13)11-27-19(24)7-6-18-15(3)22-23(20(18)21)17-8-9-28(25,26)12-17/h4-7,10,17H,8-9,11-12H2,1-3H3/b7-6+/t17-/m1/s1. The number of aromatic nitrogens is 2. The lowest BCUT2D eigenvalue weighted by atomic mass is 10.1. The Labute approximate surface area is 170 Å². The second-order valence-corrected chi connectivity index (χ2v) is 9.75. The number of hydrogen-bond acceptors (Lipinski definition) is 5. The van der Waals surface area contributed by atoms with Gasteiger partial charge in [-0.15, -0.1) is 0 Å². The predicted molar refractivity (Wildman–Crippen MR) is 109 cm³/mol. The summed E-state index contributed by atoms with van der Waals surface area (Å²) in [5.74, 6) is -0.301. The van der Waals surface area contributed by atoms with Crippen LogP contribution in [0.3, 0.4) is 0 Å². The number of sulfone groups is 1. The largest absolute Gasteiger partial charge is 0.458 e. The number of benzene rings is 1. The molecule has 6 nitrogen and oxygen atoms in total. The Kier molecular flexibility index (Phi) is 5.95. The van der Waals surface area contributed by atoms with E-state index in [2.05, 4.69) is 5.10 Å². The van der Waals surface area contributed by atoms with E-state index in [0.29, 0.717) is 22.8 Å². The van der Waals surface area contributed by atoms with Gasteiger partial charge in [-0.05, 0) is 44.4 Å². The second kappa shape index (κ2) is 8.09. The molecule has 0 spiro atoms. The van der Waals surface area contributed by atoms with Gasteiger partial charge in [0.15, 0.2) is 9.84 Å². The summed E-state index contributed by atoms with van der Waals surface area (Å²) in [6.45, 7) is 5.93. The number of esters is 1. The summed E-state index contributed by atoms with van der Waals surface area (Å²) in [6.07, 6.45) is 3.37. The molecule has 0 unspecified atom stereocenters. The average molecular weight is 423 g/mol. The van der Waals surface area contributed by atoms with Crippen LogP contribution >= 0.6 is 11.6 Å². The van der Waals surface area contributed by atoms with Crippen LogP contribution < -0.4 is 0 Å². The molecule has 0 bridgehead atoms. The van der Waals surface area contributed by atoms with Gasteiger partial charge in [0.2, 0.25) is 0 Å². The van der Waals surface area contributed by atoms with Crippen molar-refractivity contribution in [1.29, 1.82) is 0 Å². The van der Waals surface area contributed by atoms with Crippen LogP contribution in [0.15, 0.2) is 24.3 Å². The van der Waals surface area contributed by atoms with Gasteiger partial charge >= 0.3 is 5.97 Å². The van der Waals surface area contributed by atoms with E-state index in [0.717, 1.165) is 16.7 Å². The molecule has 1 aliphatic rings. The van der Waals surface area contributed by atoms with Gasteiger partial charge in [-0.2, -0.15) is 5.10 Å². The van der Waals surface area contributed by atoms with E-state index in [1.54, 1.807) is 17.7 Å². The maximum Gasteiger partial charge on any atom is 0.331 e. The number of carbonyl (C=O) groups is 1. The molecule has 2 aromatic rings. The molecule has 1 aliphatic heterocycles. The zero-order valence-electron chi connectivity index (χ0n) is 16.1. The van der Waals surface area contributed by atoms with Gasteiger partial charge in [0, 0.05) is 11.6 Å². The van der Waals surface area contributed by atoms with E-state index in [1.165, 1.54) is 6.08 Å². The van der Waals surface area contributed by atoms with Crippen LogP contribution in [0.5, 0.6) is 0 Å². The number of rotatable bonds is 5. The number of ether oxygens (including phenoxy) is 1. The van der Waals surface area contributed by atoms with E-state index >= 15 is 0 Å². The smallest absolute Gasteiger partial charge is 0.331 e. The Morgan fingerprint density at radius 3 is 2.79 bits per heavy atom. The molecule has 150 valence electrons. The van der Waals surface area contributed by atoms with E-state index in [1.807, 2.05) is 32.0 Å². The quantitative estimate of drug-likeness (QED) is 0.543. The lowest BCUT2D eigenvalue weighted by Crippen LogP contribution is -2.12. The van der Waals surface area contributed by atoms with E-state index < -0.39 is 15.8 Å². The molecule has 8 heteroatoms. The summed E-state index contributed by atoms with van der Waals surface area (Å²) in [7, 11) is -3.04. The zero-order valence-corrected chi connectivity index (χ0v) is 17.7. The molecule has 0 N–H and O–H groups in total. The van der Waals surface area contributed by atoms with Crippen LogP contribution in [-0.2, 0) is 26.0 Å². The fourth-order valence-electron chi connectivity index (χ4n) is 3.24. The highest BCUT2D eigenvalue weighted by atomic mass is 35.5. The maximum atomic E-state index is 12.1. The minimum Gasteiger partial charge on any atom is -0.458 e. The number of carbonyl (C=O) groups excluding carboxylic acids is 1. The van der Waals surface area contributed by atoms with Crippen molar-refractivity contribution >= 4 is 33.5 Å². The Morgan fingerprint density at radius 1 is 1.36 bits per heavy atom. The lowest BCUT2D eigenvalue weighted by molar-refractivity contribution is -0.138. The third-order valence-electron chi connectivity index (χ3n) is 4.89. The normalized spacial score (nSPS) is 18.6. The minimum absolute atomic E-state index is 0.0366. The van der Waals surface area contributed by atoms with Crippen LogP contribution in [0.25, 0.3) is 6.08 Å². The van der Waals surface area contributed by atoms with Gasteiger partial charge in [0.05, 0.1) is 23.2 Å². The van der Waals surface area contributed by atoms with Crippen molar-refractivity contribution in [3.63, 3.8) is 0 Å². The molecule has 28 heavy (non-hydrogen) atoms. The molecular formula is C20H23ClN2O4S. The molecule has 2 heterocycles. The summed E-state index contributed by atoms with van der Waals surface area (Å²) < 4.78 is 30.3. The van der Waals surface area contributed by atoms with Crippen LogP contribution in [-0.4, -0.2) is 35.7 Å². The van der Waals surface area contributed by atoms with E-state index in [9.17, 15) is 13.2 Å². The van der Waals surface area contributed by atoms with Crippen LogP contribution in [0.1, 0.15) is 40.4 Å². The van der Waals surface area contributed by atoms with E-state index in [-0.39, 0.29) is 24.2 Å². The lowest BCUT2D eigenvalue weighted by Gasteiger charge is -2.09. The molecule has 0 amide bonds. The predicted octanol–water partition coefficient (Wildman–Crippen LogP) is 3.58. The molecule has 1 aromatic heterocycles. The highest BCUT2D eigenvalue weighted by Gasteiger charge is 2.31. The van der Waals surface area contributed by atoms with Gasteiger partial charge in [-0.25, -0.2) is 17.9 Å². The van der Waals surface area contributed by atoms with Gasteiger partial charge in [0.1, 0.15) is 11.8 Å². The number of nitrogens with zero attached hydrogens (tertiary/aromatic N) is 2. The highest BCUT2D eigenvalue weighted by Crippen LogP contribution is 2.30. The first-order chi connectivity index (χ1) is 13.2. The molecule has 0 radical (unpaired) electrons. The van der Waals surface area contributed by atoms with Crippen molar-refractivity contribution in [2.24, 2.45) is 0 Å². The van der Waals surface area contributed by atoms with Crippen LogP contribution in [0, 0.1) is 20.8 Å². The number of halogens is 1. The van der Waals surface area contributed by atoms with Crippen molar-refractivity contribution in [2.45, 2.75) is 39.8 Å². The van der Waals surface area contributed by atoms with Crippen LogP contribution in [0.4, 0.5) is 0 Å². The number of aryl methyl sites for hydroxylation is 3. The molecule has 3 rings (SSSR count). The third kappa shape index (κ3) is 4.64. The molecule has 0 aliphatic carbocycles. The summed E-state index contributed by atoms with van der Waals surface area (Å²) in [4.78, 5) is 12.1. The molecule has 0 saturated carbocycles. The molecule has 1 aromatic carbocycles. The first kappa shape index (κ1) is 20.6. The summed E-state index contributed by atoms with van der Waals surface area (Å²) in [6, 6.07) is 5.73. The van der Waals surface area contributed by atoms with E-state index in [4.69, 9.17) is 16.3 Å². The first-order valence-electron chi connectivity index (χ1n) is 9.02. The third-order valence-corrected chi connectivity index (χ3v) is 7.01. The van der Waals surface area contributed by atoms with Crippen molar-refractivity contribution < 1.29 is 17.9 Å². The van der Waals surface area contributed by atoms with Gasteiger partial charge < -0.3 is 4.74 Å². The number of hydrogen-bond donors (Lipinski definition) is 0. The fourth-order valence-corrected chi connectivity index (χ4v) is 5.30. The molecule has 1 saturated heterocycles. The summed E-state index contributed by atoms with van der Waals surface area (Å²) >= 11 is 6.40. The SMILES string of the molecule is Cc1ccc(C)c(COC(=O)/C=C/c2c(C)nn([C@@H]3CCS(=O)(=O)C3)c2Cl)c1. The topological polar surface area (TPSA) is 78.3 Å². The zero-order chi connectivity index (χ0) is 20.5. The van der Waals surface area contributed by atoms with Crippen molar-refractivity contribution in [3.8, 4) is 0 Å². The van der Waals surface area contributed by atoms with Gasteiger partial charge in [-0.1, -0.05) is 35.4 Å². The van der Waals surface area contributed by atoms with Crippen molar-refractivity contribution in [2.75, 3.05) is 11.5 Å². The van der Waals surface area contributed by atoms with Crippen molar-refractivity contribution in [1.82, 2.24) is 9.78 Å². The Balaban J connectivity index is 1.68. The summed E-state index contributed by atoms with van der Waals surface area (Å²) in [5, 5.41) is 4.70. The highest BCUT2D eigenvalue weighted by molar-refractivity contribution is 7.91. The van der Waals surface area contributed by atoms with Crippen molar-refractivity contribution in [3.05, 3.63) is 57.4 Å². The monoisotopic (exact) mass is 422 g/mol. The second-order valence-electron chi connectivity index (χ2n) is 7.16. The van der Waals surface area contributed by atoms with Crippen LogP contribution in [0.2, 0.25) is 5.15 Å². The average Bonchev–Trinajstić information content (AvgIpc) is 3.12. The Morgan fingerprint density at radius 2 is 2.11 bits per heavy atom. The first-order valence-corrected chi connectivity index (χ1v) is 11.2.